The predicted molar refractivity (Wildman–Crippen MR) is 67.4 cm³/mol. The summed E-state index contributed by atoms with van der Waals surface area (Å²) in [4.78, 5) is 0. The van der Waals surface area contributed by atoms with E-state index in [1.54, 1.807) is 6.07 Å². The standard InChI is InChI=1S/C11H18B2O2/c1-4-11(2,3)12-9-6-5-7-10(8-9)13(14)15/h5-8,12,14-15H,4H2,1-3H3. The van der Waals surface area contributed by atoms with E-state index in [1.165, 1.54) is 0 Å². The van der Waals surface area contributed by atoms with Gasteiger partial charge in [0, 0.05) is 0 Å². The molecule has 1 rings (SSSR count). The van der Waals surface area contributed by atoms with Crippen LogP contribution in [0.2, 0.25) is 5.31 Å². The van der Waals surface area contributed by atoms with Crippen molar-refractivity contribution in [2.45, 2.75) is 32.5 Å². The van der Waals surface area contributed by atoms with E-state index in [0.29, 0.717) is 5.46 Å². The molecule has 0 radical (unpaired) electrons. The van der Waals surface area contributed by atoms with Crippen molar-refractivity contribution in [3.05, 3.63) is 24.3 Å². The lowest BCUT2D eigenvalue weighted by atomic mass is 9.49. The molecular weight excluding hydrogens is 186 g/mol. The third kappa shape index (κ3) is 3.73. The first-order chi connectivity index (χ1) is 6.94. The molecule has 0 amide bonds. The van der Waals surface area contributed by atoms with Gasteiger partial charge in [-0.3, -0.25) is 0 Å². The van der Waals surface area contributed by atoms with Crippen LogP contribution in [0.5, 0.6) is 0 Å². The van der Waals surface area contributed by atoms with Crippen LogP contribution >= 0.6 is 0 Å². The molecule has 0 fully saturated rings. The van der Waals surface area contributed by atoms with E-state index in [9.17, 15) is 0 Å². The second kappa shape index (κ2) is 4.86. The molecule has 0 aliphatic rings. The minimum Gasteiger partial charge on any atom is -0.423 e. The number of benzene rings is 1. The molecule has 0 aliphatic heterocycles. The van der Waals surface area contributed by atoms with Crippen LogP contribution in [-0.4, -0.2) is 24.4 Å². The normalized spacial score (nSPS) is 11.3. The van der Waals surface area contributed by atoms with Gasteiger partial charge in [0.05, 0.1) is 0 Å². The van der Waals surface area contributed by atoms with Gasteiger partial charge in [-0.1, -0.05) is 62.2 Å². The Morgan fingerprint density at radius 2 is 2.00 bits per heavy atom. The highest BCUT2D eigenvalue weighted by Crippen LogP contribution is 2.25. The lowest BCUT2D eigenvalue weighted by molar-refractivity contribution is 0.426. The van der Waals surface area contributed by atoms with Gasteiger partial charge in [-0.05, 0) is 5.46 Å². The van der Waals surface area contributed by atoms with Crippen molar-refractivity contribution >= 4 is 25.3 Å². The smallest absolute Gasteiger partial charge is 0.423 e. The van der Waals surface area contributed by atoms with Crippen LogP contribution in [0.15, 0.2) is 24.3 Å². The molecule has 2 nitrogen and oxygen atoms in total. The van der Waals surface area contributed by atoms with Crippen molar-refractivity contribution in [1.82, 2.24) is 0 Å². The summed E-state index contributed by atoms with van der Waals surface area (Å²) in [6.45, 7) is 6.61. The third-order valence-electron chi connectivity index (χ3n) is 2.89. The van der Waals surface area contributed by atoms with Gasteiger partial charge >= 0.3 is 7.12 Å². The number of hydrogen-bond acceptors (Lipinski definition) is 2. The second-order valence-electron chi connectivity index (χ2n) is 4.81. The summed E-state index contributed by atoms with van der Waals surface area (Å²) in [6, 6.07) is 7.49. The molecule has 2 N–H and O–H groups in total. The Bertz CT molecular complexity index is 324. The van der Waals surface area contributed by atoms with Crippen molar-refractivity contribution in [2.24, 2.45) is 0 Å². The summed E-state index contributed by atoms with van der Waals surface area (Å²) in [7, 11) is -0.404. The van der Waals surface area contributed by atoms with Crippen LogP contribution in [-0.2, 0) is 0 Å². The van der Waals surface area contributed by atoms with Gasteiger partial charge in [0.2, 0.25) is 0 Å². The molecule has 0 aromatic heterocycles. The van der Waals surface area contributed by atoms with Crippen molar-refractivity contribution in [2.75, 3.05) is 0 Å². The van der Waals surface area contributed by atoms with Crippen molar-refractivity contribution in [3.63, 3.8) is 0 Å². The molecule has 1 aromatic rings. The molecule has 15 heavy (non-hydrogen) atoms. The molecule has 0 saturated heterocycles. The van der Waals surface area contributed by atoms with Gasteiger partial charge in [0.1, 0.15) is 0 Å². The zero-order valence-corrected chi connectivity index (χ0v) is 9.70. The van der Waals surface area contributed by atoms with Crippen LogP contribution in [0.3, 0.4) is 0 Å². The van der Waals surface area contributed by atoms with Crippen LogP contribution in [0.1, 0.15) is 27.2 Å². The van der Waals surface area contributed by atoms with E-state index >= 15 is 0 Å². The molecule has 0 spiro atoms. The molecular formula is C11H18B2O2. The highest BCUT2D eigenvalue weighted by atomic mass is 16.4. The Hall–Kier alpha value is -0.730. The fourth-order valence-electron chi connectivity index (χ4n) is 1.54. The summed E-state index contributed by atoms with van der Waals surface area (Å²) in [5.41, 5.74) is 1.73. The Balaban J connectivity index is 2.82. The van der Waals surface area contributed by atoms with Gasteiger partial charge in [0.15, 0.2) is 7.28 Å². The highest BCUT2D eigenvalue weighted by molar-refractivity contribution is 6.61. The van der Waals surface area contributed by atoms with Gasteiger partial charge in [-0.2, -0.15) is 0 Å². The summed E-state index contributed by atoms with van der Waals surface area (Å²) in [5.74, 6) is 0. The van der Waals surface area contributed by atoms with Gasteiger partial charge in [0.25, 0.3) is 0 Å². The Morgan fingerprint density at radius 3 is 2.53 bits per heavy atom. The SMILES string of the molecule is CCC(C)(C)Bc1cccc(B(O)O)c1. The van der Waals surface area contributed by atoms with Crippen LogP contribution in [0.4, 0.5) is 0 Å². The molecule has 80 valence electrons. The van der Waals surface area contributed by atoms with E-state index in [4.69, 9.17) is 10.0 Å². The Morgan fingerprint density at radius 1 is 1.33 bits per heavy atom. The minimum absolute atomic E-state index is 0.263. The highest BCUT2D eigenvalue weighted by Gasteiger charge is 2.19. The summed E-state index contributed by atoms with van der Waals surface area (Å²) in [6.07, 6.45) is 1.11. The van der Waals surface area contributed by atoms with Crippen molar-refractivity contribution in [1.29, 1.82) is 0 Å². The summed E-state index contributed by atoms with van der Waals surface area (Å²) < 4.78 is 0. The summed E-state index contributed by atoms with van der Waals surface area (Å²) >= 11 is 0. The maximum atomic E-state index is 9.06. The minimum atomic E-state index is -1.37. The number of rotatable bonds is 4. The Kier molecular flexibility index (Phi) is 4.00. The summed E-state index contributed by atoms with van der Waals surface area (Å²) in [5, 5.41) is 18.4. The molecule has 4 heteroatoms. The third-order valence-corrected chi connectivity index (χ3v) is 2.89. The predicted octanol–water partition coefficient (Wildman–Crippen LogP) is 0.0367. The first kappa shape index (κ1) is 12.3. The van der Waals surface area contributed by atoms with Crippen molar-refractivity contribution < 1.29 is 10.0 Å². The molecule has 0 aliphatic carbocycles. The average molecular weight is 204 g/mol. The van der Waals surface area contributed by atoms with Crippen LogP contribution in [0, 0.1) is 0 Å². The lowest BCUT2D eigenvalue weighted by Gasteiger charge is -2.21. The van der Waals surface area contributed by atoms with E-state index in [0.717, 1.165) is 19.2 Å². The van der Waals surface area contributed by atoms with Crippen LogP contribution in [0.25, 0.3) is 0 Å². The fourth-order valence-corrected chi connectivity index (χ4v) is 1.54. The van der Waals surface area contributed by atoms with Gasteiger partial charge < -0.3 is 10.0 Å². The Labute approximate surface area is 92.7 Å². The van der Waals surface area contributed by atoms with Gasteiger partial charge in [-0.25, -0.2) is 0 Å². The van der Waals surface area contributed by atoms with Crippen LogP contribution < -0.4 is 10.9 Å². The largest absolute Gasteiger partial charge is 0.488 e. The van der Waals surface area contributed by atoms with E-state index in [-0.39, 0.29) is 5.31 Å². The van der Waals surface area contributed by atoms with Crippen molar-refractivity contribution in [3.8, 4) is 0 Å². The molecule has 0 atom stereocenters. The lowest BCUT2D eigenvalue weighted by Crippen LogP contribution is -2.35. The first-order valence-electron chi connectivity index (χ1n) is 5.39. The zero-order valence-electron chi connectivity index (χ0n) is 9.70. The van der Waals surface area contributed by atoms with E-state index in [1.807, 2.05) is 18.2 Å². The molecule has 1 aromatic carbocycles. The molecule has 0 heterocycles. The first-order valence-corrected chi connectivity index (χ1v) is 5.39. The fraction of sp³-hybridized carbons (Fsp3) is 0.455. The zero-order chi connectivity index (χ0) is 11.5. The maximum absolute atomic E-state index is 9.06. The molecule has 0 unspecified atom stereocenters. The maximum Gasteiger partial charge on any atom is 0.488 e. The number of hydrogen-bond donors (Lipinski definition) is 2. The second-order valence-corrected chi connectivity index (χ2v) is 4.81. The monoisotopic (exact) mass is 204 g/mol. The molecule has 0 bridgehead atoms. The van der Waals surface area contributed by atoms with Gasteiger partial charge in [-0.15, -0.1) is 0 Å². The average Bonchev–Trinajstić information content (AvgIpc) is 2.17. The molecule has 0 saturated carbocycles. The van der Waals surface area contributed by atoms with E-state index < -0.39 is 7.12 Å². The topological polar surface area (TPSA) is 40.5 Å². The quantitative estimate of drug-likeness (QED) is 0.679. The van der Waals surface area contributed by atoms with E-state index in [2.05, 4.69) is 20.8 Å².